The molecule has 1 amide bonds. The van der Waals surface area contributed by atoms with Gasteiger partial charge in [-0.1, -0.05) is 80.2 Å². The summed E-state index contributed by atoms with van der Waals surface area (Å²) in [6.07, 6.45) is 2.23. The van der Waals surface area contributed by atoms with E-state index < -0.39 is 12.4 Å². The van der Waals surface area contributed by atoms with Gasteiger partial charge in [0.05, 0.1) is 25.4 Å². The fraction of sp³-hybridized carbons (Fsp3) is 0.400. The average Bonchev–Trinajstić information content (AvgIpc) is 3.51. The van der Waals surface area contributed by atoms with Gasteiger partial charge in [0, 0.05) is 30.6 Å². The van der Waals surface area contributed by atoms with Gasteiger partial charge in [-0.15, -0.1) is 0 Å². The predicted molar refractivity (Wildman–Crippen MR) is 165 cm³/mol. The van der Waals surface area contributed by atoms with Crippen molar-refractivity contribution in [2.75, 3.05) is 26.3 Å². The Hall–Kier alpha value is -3.53. The Morgan fingerprint density at radius 1 is 1.02 bits per heavy atom. The smallest absolute Gasteiger partial charge is 0.407 e. The zero-order chi connectivity index (χ0) is 30.2. The van der Waals surface area contributed by atoms with Crippen LogP contribution in [0.1, 0.15) is 54.4 Å². The molecule has 5 atom stereocenters. The average molecular weight is 587 g/mol. The third kappa shape index (κ3) is 7.71. The summed E-state index contributed by atoms with van der Waals surface area (Å²) in [6.45, 7) is 8.06. The second-order valence-electron chi connectivity index (χ2n) is 11.4. The lowest BCUT2D eigenvalue weighted by atomic mass is 9.89. The summed E-state index contributed by atoms with van der Waals surface area (Å²) < 4.78 is 18.4. The van der Waals surface area contributed by atoms with Crippen LogP contribution in [0.2, 0.25) is 0 Å². The van der Waals surface area contributed by atoms with Gasteiger partial charge in [0.25, 0.3) is 0 Å². The van der Waals surface area contributed by atoms with Crippen molar-refractivity contribution < 1.29 is 29.2 Å². The van der Waals surface area contributed by atoms with Crippen LogP contribution in [0.25, 0.3) is 11.1 Å². The highest BCUT2D eigenvalue weighted by atomic mass is 16.7. The van der Waals surface area contributed by atoms with E-state index in [9.17, 15) is 15.0 Å². The van der Waals surface area contributed by atoms with Crippen molar-refractivity contribution in [2.45, 2.75) is 57.5 Å². The van der Waals surface area contributed by atoms with E-state index in [0.717, 1.165) is 59.3 Å². The quantitative estimate of drug-likeness (QED) is 0.255. The number of hydrogen-bond donors (Lipinski definition) is 3. The van der Waals surface area contributed by atoms with Crippen LogP contribution >= 0.6 is 0 Å². The molecule has 43 heavy (non-hydrogen) atoms. The maximum Gasteiger partial charge on any atom is 0.407 e. The summed E-state index contributed by atoms with van der Waals surface area (Å²) in [5.74, 6) is 0.0710. The number of carbonyl (C=O) groups is 1. The number of nitrogens with zero attached hydrogens (tertiary/aromatic N) is 1. The molecule has 2 aliphatic rings. The number of hydrogen-bond acceptors (Lipinski definition) is 7. The van der Waals surface area contributed by atoms with E-state index in [1.807, 2.05) is 60.7 Å². The molecule has 2 saturated heterocycles. The minimum atomic E-state index is -0.580. The van der Waals surface area contributed by atoms with E-state index in [1.54, 1.807) is 0 Å². The Morgan fingerprint density at radius 3 is 2.53 bits per heavy atom. The summed E-state index contributed by atoms with van der Waals surface area (Å²) >= 11 is 0. The number of aliphatic hydroxyl groups is 2. The van der Waals surface area contributed by atoms with Gasteiger partial charge in [0.15, 0.2) is 6.29 Å². The van der Waals surface area contributed by atoms with Gasteiger partial charge in [-0.2, -0.15) is 0 Å². The van der Waals surface area contributed by atoms with Crippen LogP contribution in [0.15, 0.2) is 85.5 Å². The molecule has 3 N–H and O–H groups in total. The molecule has 2 fully saturated rings. The van der Waals surface area contributed by atoms with E-state index in [-0.39, 0.29) is 44.0 Å². The summed E-state index contributed by atoms with van der Waals surface area (Å²) in [6, 6.07) is 24.3. The lowest BCUT2D eigenvalue weighted by Crippen LogP contribution is -2.46. The molecule has 228 valence electrons. The van der Waals surface area contributed by atoms with Crippen LogP contribution in [0, 0.1) is 5.92 Å². The number of amides is 1. The van der Waals surface area contributed by atoms with E-state index in [0.29, 0.717) is 6.54 Å². The molecule has 5 rings (SSSR count). The first-order valence-corrected chi connectivity index (χ1v) is 15.1. The highest BCUT2D eigenvalue weighted by Crippen LogP contribution is 2.43. The minimum Gasteiger partial charge on any atom is -0.445 e. The Labute approximate surface area is 253 Å². The topological polar surface area (TPSA) is 100 Å². The van der Waals surface area contributed by atoms with Crippen LogP contribution in [-0.4, -0.2) is 59.7 Å². The zero-order valence-electron chi connectivity index (χ0n) is 24.7. The molecule has 0 aromatic heterocycles. The normalized spacial score (nSPS) is 24.0. The van der Waals surface area contributed by atoms with Crippen LogP contribution < -0.4 is 5.32 Å². The third-order valence-electron chi connectivity index (χ3n) is 8.44. The van der Waals surface area contributed by atoms with Gasteiger partial charge in [0.1, 0.15) is 6.61 Å². The number of carbonyl (C=O) groups excluding carboxylic acids is 1. The number of alkyl carbamates (subject to hydrolysis) is 1. The lowest BCUT2D eigenvalue weighted by molar-refractivity contribution is -0.276. The molecule has 0 aliphatic carbocycles. The summed E-state index contributed by atoms with van der Waals surface area (Å²) in [5.41, 5.74) is 5.81. The molecule has 0 radical (unpaired) electrons. The molecule has 0 saturated carbocycles. The number of nitrogens with one attached hydrogen (secondary N) is 1. The maximum atomic E-state index is 11.9. The Kier molecular flexibility index (Phi) is 10.6. The number of rotatable bonds is 11. The van der Waals surface area contributed by atoms with E-state index in [1.165, 1.54) is 6.08 Å². The maximum absolute atomic E-state index is 11.9. The van der Waals surface area contributed by atoms with E-state index in [4.69, 9.17) is 14.2 Å². The van der Waals surface area contributed by atoms with Crippen LogP contribution in [0.5, 0.6) is 0 Å². The predicted octanol–water partition coefficient (Wildman–Crippen LogP) is 5.51. The molecule has 2 aliphatic heterocycles. The molecule has 2 heterocycles. The number of aliphatic hydroxyl groups excluding tert-OH is 2. The second-order valence-corrected chi connectivity index (χ2v) is 11.4. The fourth-order valence-electron chi connectivity index (χ4n) is 5.99. The van der Waals surface area contributed by atoms with Crippen molar-refractivity contribution >= 4 is 6.09 Å². The van der Waals surface area contributed by atoms with Gasteiger partial charge < -0.3 is 29.7 Å². The third-order valence-corrected chi connectivity index (χ3v) is 8.44. The summed E-state index contributed by atoms with van der Waals surface area (Å²) in [4.78, 5) is 14.2. The minimum absolute atomic E-state index is 0.00330. The summed E-state index contributed by atoms with van der Waals surface area (Å²) in [5, 5.41) is 22.3. The molecule has 3 aromatic rings. The number of benzene rings is 3. The van der Waals surface area contributed by atoms with Crippen molar-refractivity contribution in [1.82, 2.24) is 10.2 Å². The molecule has 8 nitrogen and oxygen atoms in total. The van der Waals surface area contributed by atoms with Crippen molar-refractivity contribution in [3.05, 3.63) is 108 Å². The molecule has 5 unspecified atom stereocenters. The Bertz CT molecular complexity index is 1360. The highest BCUT2D eigenvalue weighted by Gasteiger charge is 2.40. The fourth-order valence-corrected chi connectivity index (χ4v) is 5.99. The van der Waals surface area contributed by atoms with Gasteiger partial charge in [-0.3, -0.25) is 4.90 Å². The van der Waals surface area contributed by atoms with Crippen LogP contribution in [0.3, 0.4) is 0 Å². The SMILES string of the molecule is C=CCOC(=O)NCc1cccc(-c2cccc(C3OC(CN4CCCC4CO)C(C)C(c4ccc(CO)cc4)O3)c2)c1. The van der Waals surface area contributed by atoms with Crippen LogP contribution in [0.4, 0.5) is 4.79 Å². The van der Waals surface area contributed by atoms with Crippen molar-refractivity contribution in [3.8, 4) is 11.1 Å². The Morgan fingerprint density at radius 2 is 1.79 bits per heavy atom. The number of ether oxygens (including phenoxy) is 3. The van der Waals surface area contributed by atoms with Crippen LogP contribution in [-0.2, 0) is 27.4 Å². The first kappa shape index (κ1) is 30.9. The standard InChI is InChI=1S/C35H42N2O6/c1-3-17-41-35(40)36-20-26-7-4-8-28(18-26)29-9-5-10-30(19-29)34-42-32(21-37-16-6-11-31(37)23-39)24(2)33(43-34)27-14-12-25(22-38)13-15-27/h3-5,7-10,12-15,18-19,24,31-34,38-39H,1,6,11,16-17,20-23H2,2H3,(H,36,40). The van der Waals surface area contributed by atoms with Gasteiger partial charge in [-0.05, 0) is 59.3 Å². The molecule has 8 heteroatoms. The van der Waals surface area contributed by atoms with Gasteiger partial charge >= 0.3 is 6.09 Å². The van der Waals surface area contributed by atoms with Crippen molar-refractivity contribution in [1.29, 1.82) is 0 Å². The van der Waals surface area contributed by atoms with Crippen molar-refractivity contribution in [3.63, 3.8) is 0 Å². The largest absolute Gasteiger partial charge is 0.445 e. The Balaban J connectivity index is 1.38. The monoisotopic (exact) mass is 586 g/mol. The lowest BCUT2D eigenvalue weighted by Gasteiger charge is -2.43. The van der Waals surface area contributed by atoms with Gasteiger partial charge in [-0.25, -0.2) is 4.79 Å². The van der Waals surface area contributed by atoms with E-state index in [2.05, 4.69) is 35.9 Å². The highest BCUT2D eigenvalue weighted by molar-refractivity contribution is 5.68. The summed E-state index contributed by atoms with van der Waals surface area (Å²) in [7, 11) is 0. The van der Waals surface area contributed by atoms with Crippen molar-refractivity contribution in [2.24, 2.45) is 5.92 Å². The van der Waals surface area contributed by atoms with E-state index >= 15 is 0 Å². The zero-order valence-corrected chi connectivity index (χ0v) is 24.7. The molecular weight excluding hydrogens is 544 g/mol. The molecule has 0 spiro atoms. The molecular formula is C35H42N2O6. The first-order chi connectivity index (χ1) is 21.0. The number of likely N-dealkylation sites (tertiary alicyclic amines) is 1. The molecule has 3 aromatic carbocycles. The van der Waals surface area contributed by atoms with Gasteiger partial charge in [0.2, 0.25) is 0 Å². The second kappa shape index (κ2) is 14.8. The molecule has 0 bridgehead atoms. The first-order valence-electron chi connectivity index (χ1n) is 15.1.